The molecule has 1 aliphatic heterocycles. The Morgan fingerprint density at radius 2 is 2.12 bits per heavy atom. The molecule has 0 spiro atoms. The third kappa shape index (κ3) is 3.35. The van der Waals surface area contributed by atoms with Crippen LogP contribution in [0.3, 0.4) is 0 Å². The van der Waals surface area contributed by atoms with E-state index in [2.05, 4.69) is 12.1 Å². The molecule has 1 heterocycles. The number of quaternary nitrogens is 1. The van der Waals surface area contributed by atoms with Gasteiger partial charge in [-0.25, -0.2) is 0 Å². The molecule has 0 aliphatic carbocycles. The zero-order chi connectivity index (χ0) is 12.3. The molecule has 0 unspecified atom stereocenters. The Labute approximate surface area is 106 Å². The van der Waals surface area contributed by atoms with Crippen LogP contribution in [-0.4, -0.2) is 49.6 Å². The Morgan fingerprint density at radius 3 is 2.82 bits per heavy atom. The summed E-state index contributed by atoms with van der Waals surface area (Å²) in [6.45, 7) is 4.09. The quantitative estimate of drug-likeness (QED) is 0.741. The maximum absolute atomic E-state index is 9.63. The molecule has 1 aromatic rings. The summed E-state index contributed by atoms with van der Waals surface area (Å²) >= 11 is 5.87. The van der Waals surface area contributed by atoms with Crippen LogP contribution in [0.4, 0.5) is 0 Å². The van der Waals surface area contributed by atoms with E-state index in [1.165, 1.54) is 4.90 Å². The van der Waals surface area contributed by atoms with Crippen molar-refractivity contribution in [2.75, 3.05) is 33.2 Å². The fourth-order valence-corrected chi connectivity index (χ4v) is 1.95. The zero-order valence-corrected chi connectivity index (χ0v) is 10.6. The van der Waals surface area contributed by atoms with Crippen LogP contribution in [-0.2, 0) is 0 Å². The molecule has 0 bridgehead atoms. The zero-order valence-electron chi connectivity index (χ0n) is 9.86. The van der Waals surface area contributed by atoms with Crippen LogP contribution < -0.4 is 4.90 Å². The van der Waals surface area contributed by atoms with Crippen molar-refractivity contribution in [2.45, 2.75) is 0 Å². The summed E-state index contributed by atoms with van der Waals surface area (Å²) in [5.74, 6) is 0.206. The molecule has 1 fully saturated rings. The monoisotopic (exact) mass is 254 g/mol. The van der Waals surface area contributed by atoms with Gasteiger partial charge in [0.1, 0.15) is 5.75 Å². The Hall–Kier alpha value is -1.26. The molecule has 92 valence electrons. The minimum Gasteiger partial charge on any atom is -0.507 e. The van der Waals surface area contributed by atoms with Crippen molar-refractivity contribution in [3.63, 3.8) is 0 Å². The minimum absolute atomic E-state index is 0.206. The van der Waals surface area contributed by atoms with Crippen LogP contribution in [0.5, 0.6) is 5.75 Å². The number of phenols is 1. The average Bonchev–Trinajstić information content (AvgIpc) is 2.32. The van der Waals surface area contributed by atoms with Gasteiger partial charge in [-0.15, -0.1) is 0 Å². The lowest BCUT2D eigenvalue weighted by Crippen LogP contribution is -3.11. The lowest BCUT2D eigenvalue weighted by molar-refractivity contribution is -0.884. The third-order valence-electron chi connectivity index (χ3n) is 2.94. The lowest BCUT2D eigenvalue weighted by atomic mass is 10.2. The Morgan fingerprint density at radius 1 is 1.41 bits per heavy atom. The van der Waals surface area contributed by atoms with Gasteiger partial charge in [-0.1, -0.05) is 11.6 Å². The van der Waals surface area contributed by atoms with Crippen molar-refractivity contribution in [1.29, 1.82) is 0 Å². The summed E-state index contributed by atoms with van der Waals surface area (Å²) in [5.41, 5.74) is 0.656. The molecule has 2 rings (SSSR count). The number of hydrogen-bond donors (Lipinski definition) is 2. The number of nitrogens with zero attached hydrogens (tertiary/aromatic N) is 2. The molecule has 5 heteroatoms. The number of phenolic OH excluding ortho intramolecular Hbond substituents is 1. The van der Waals surface area contributed by atoms with E-state index < -0.39 is 0 Å². The number of rotatable bonds is 2. The molecule has 0 aromatic heterocycles. The second-order valence-corrected chi connectivity index (χ2v) is 4.79. The van der Waals surface area contributed by atoms with Crippen molar-refractivity contribution in [3.8, 4) is 5.75 Å². The van der Waals surface area contributed by atoms with Gasteiger partial charge in [-0.3, -0.25) is 5.01 Å². The molecule has 17 heavy (non-hydrogen) atoms. The molecule has 0 atom stereocenters. The van der Waals surface area contributed by atoms with E-state index in [4.69, 9.17) is 11.6 Å². The topological polar surface area (TPSA) is 40.3 Å². The van der Waals surface area contributed by atoms with Crippen molar-refractivity contribution < 1.29 is 10.0 Å². The van der Waals surface area contributed by atoms with Crippen LogP contribution >= 0.6 is 11.6 Å². The van der Waals surface area contributed by atoms with Gasteiger partial charge in [0.05, 0.1) is 39.4 Å². The van der Waals surface area contributed by atoms with E-state index in [0.29, 0.717) is 10.6 Å². The summed E-state index contributed by atoms with van der Waals surface area (Å²) in [6.07, 6.45) is 1.67. The number of nitrogens with one attached hydrogen (secondary N) is 1. The van der Waals surface area contributed by atoms with E-state index in [0.717, 1.165) is 26.2 Å². The molecule has 0 saturated carbocycles. The van der Waals surface area contributed by atoms with Gasteiger partial charge in [0, 0.05) is 10.6 Å². The second kappa shape index (κ2) is 5.38. The Kier molecular flexibility index (Phi) is 3.86. The van der Waals surface area contributed by atoms with Crippen molar-refractivity contribution >= 4 is 17.8 Å². The highest BCUT2D eigenvalue weighted by molar-refractivity contribution is 6.30. The van der Waals surface area contributed by atoms with Gasteiger partial charge in [0.2, 0.25) is 0 Å². The van der Waals surface area contributed by atoms with Crippen LogP contribution in [0, 0.1) is 0 Å². The van der Waals surface area contributed by atoms with Gasteiger partial charge in [0.25, 0.3) is 0 Å². The first kappa shape index (κ1) is 12.2. The number of halogens is 1. The maximum Gasteiger partial charge on any atom is 0.124 e. The number of piperazine rings is 1. The van der Waals surface area contributed by atoms with Gasteiger partial charge in [-0.05, 0) is 18.2 Å². The van der Waals surface area contributed by atoms with E-state index in [9.17, 15) is 5.11 Å². The fraction of sp³-hybridized carbons (Fsp3) is 0.417. The molecule has 0 amide bonds. The van der Waals surface area contributed by atoms with E-state index in [1.54, 1.807) is 24.4 Å². The molecule has 1 aliphatic rings. The predicted molar refractivity (Wildman–Crippen MR) is 68.9 cm³/mol. The van der Waals surface area contributed by atoms with Gasteiger partial charge in [0.15, 0.2) is 0 Å². The van der Waals surface area contributed by atoms with E-state index >= 15 is 0 Å². The normalized spacial score (nSPS) is 17.9. The smallest absolute Gasteiger partial charge is 0.124 e. The Bertz CT molecular complexity index is 414. The summed E-state index contributed by atoms with van der Waals surface area (Å²) < 4.78 is 0. The molecule has 4 nitrogen and oxygen atoms in total. The third-order valence-corrected chi connectivity index (χ3v) is 3.18. The highest BCUT2D eigenvalue weighted by Gasteiger charge is 2.14. The number of likely N-dealkylation sites (N-methyl/N-ethyl adjacent to an activating group) is 1. The van der Waals surface area contributed by atoms with Crippen LogP contribution in [0.2, 0.25) is 5.02 Å². The first-order chi connectivity index (χ1) is 8.15. The summed E-state index contributed by atoms with van der Waals surface area (Å²) in [6, 6.07) is 4.95. The average molecular weight is 255 g/mol. The maximum atomic E-state index is 9.63. The van der Waals surface area contributed by atoms with E-state index in [1.807, 2.05) is 5.01 Å². The van der Waals surface area contributed by atoms with Crippen LogP contribution in [0.1, 0.15) is 5.56 Å². The number of aromatic hydroxyl groups is 1. The highest BCUT2D eigenvalue weighted by atomic mass is 35.5. The largest absolute Gasteiger partial charge is 0.507 e. The van der Waals surface area contributed by atoms with Crippen molar-refractivity contribution in [2.24, 2.45) is 5.10 Å². The fourth-order valence-electron chi connectivity index (χ4n) is 1.76. The number of hydrazone groups is 1. The molecular formula is C12H17ClN3O+. The summed E-state index contributed by atoms with van der Waals surface area (Å²) in [7, 11) is 2.18. The SMILES string of the molecule is C[NH+]1CCN(/N=C/c2cc(Cl)ccc2O)CC1. The van der Waals surface area contributed by atoms with E-state index in [-0.39, 0.29) is 5.75 Å². The predicted octanol–water partition coefficient (Wildman–Crippen LogP) is 0.210. The number of hydrogen-bond acceptors (Lipinski definition) is 3. The molecule has 2 N–H and O–H groups in total. The second-order valence-electron chi connectivity index (χ2n) is 4.36. The summed E-state index contributed by atoms with van der Waals surface area (Å²) in [4.78, 5) is 1.53. The first-order valence-electron chi connectivity index (χ1n) is 5.74. The van der Waals surface area contributed by atoms with Gasteiger partial charge >= 0.3 is 0 Å². The standard InChI is InChI=1S/C12H16ClN3O/c1-15-4-6-16(7-5-15)14-9-10-8-11(13)2-3-12(10)17/h2-3,8-9,17H,4-7H2,1H3/p+1/b14-9+. The highest BCUT2D eigenvalue weighted by Crippen LogP contribution is 2.19. The van der Waals surface area contributed by atoms with Crippen molar-refractivity contribution in [3.05, 3.63) is 28.8 Å². The first-order valence-corrected chi connectivity index (χ1v) is 6.12. The molecular weight excluding hydrogens is 238 g/mol. The Balaban J connectivity index is 2.02. The molecule has 0 radical (unpaired) electrons. The lowest BCUT2D eigenvalue weighted by Gasteiger charge is -2.27. The minimum atomic E-state index is 0.206. The summed E-state index contributed by atoms with van der Waals surface area (Å²) in [5, 5.41) is 16.6. The van der Waals surface area contributed by atoms with Gasteiger partial charge < -0.3 is 10.0 Å². The molecule has 1 aromatic carbocycles. The van der Waals surface area contributed by atoms with Crippen molar-refractivity contribution in [1.82, 2.24) is 5.01 Å². The number of benzene rings is 1. The van der Waals surface area contributed by atoms with Gasteiger partial charge in [-0.2, -0.15) is 5.10 Å². The molecule has 1 saturated heterocycles. The van der Waals surface area contributed by atoms with Crippen LogP contribution in [0.25, 0.3) is 0 Å². The van der Waals surface area contributed by atoms with Crippen LogP contribution in [0.15, 0.2) is 23.3 Å².